The number of rotatable bonds is 2. The van der Waals surface area contributed by atoms with Crippen LogP contribution >= 0.6 is 0 Å². The zero-order chi connectivity index (χ0) is 24.7. The second kappa shape index (κ2) is 7.22. The lowest BCUT2D eigenvalue weighted by Gasteiger charge is -2.60. The molecule has 36 heavy (non-hydrogen) atoms. The van der Waals surface area contributed by atoms with E-state index in [-0.39, 0.29) is 22.8 Å². The van der Waals surface area contributed by atoms with E-state index in [1.165, 1.54) is 11.1 Å². The number of hydrogen-bond acceptors (Lipinski definition) is 5. The number of carbonyl (C=O) groups is 1. The van der Waals surface area contributed by atoms with E-state index in [9.17, 15) is 4.79 Å². The fraction of sp³-hybridized carbons (Fsp3) is 0.321. The minimum Gasteiger partial charge on any atom is -0.345 e. The molecule has 180 valence electrons. The van der Waals surface area contributed by atoms with Crippen LogP contribution in [-0.4, -0.2) is 53.5 Å². The summed E-state index contributed by atoms with van der Waals surface area (Å²) in [7, 11) is 0. The molecule has 2 N–H and O–H groups in total. The van der Waals surface area contributed by atoms with Crippen molar-refractivity contribution in [3.05, 3.63) is 71.8 Å². The predicted molar refractivity (Wildman–Crippen MR) is 137 cm³/mol. The molecule has 1 saturated heterocycles. The largest absolute Gasteiger partial charge is 0.345 e. The van der Waals surface area contributed by atoms with Gasteiger partial charge in [0.1, 0.15) is 5.82 Å². The first-order valence-corrected chi connectivity index (χ1v) is 12.4. The van der Waals surface area contributed by atoms with Crippen LogP contribution in [0.4, 0.5) is 0 Å². The summed E-state index contributed by atoms with van der Waals surface area (Å²) in [5.74, 6) is 0.879. The van der Waals surface area contributed by atoms with Gasteiger partial charge in [0.15, 0.2) is 0 Å². The summed E-state index contributed by atoms with van der Waals surface area (Å²) < 4.78 is 0. The molecular formula is C28H27N7O. The number of piperidine rings is 1. The summed E-state index contributed by atoms with van der Waals surface area (Å²) in [6.07, 6.45) is 6.78. The number of fused-ring (bicyclic) bond motifs is 6. The van der Waals surface area contributed by atoms with Crippen molar-refractivity contribution in [3.63, 3.8) is 0 Å². The highest BCUT2D eigenvalue weighted by Gasteiger charge is 2.57. The van der Waals surface area contributed by atoms with Crippen LogP contribution in [0.3, 0.4) is 0 Å². The molecule has 8 nitrogen and oxygen atoms in total. The molecule has 7 rings (SSSR count). The normalized spacial score (nSPS) is 22.6. The van der Waals surface area contributed by atoms with Crippen LogP contribution < -0.4 is 0 Å². The van der Waals surface area contributed by atoms with Gasteiger partial charge in [-0.25, -0.2) is 9.97 Å². The minimum absolute atomic E-state index is 0.0625. The van der Waals surface area contributed by atoms with E-state index >= 15 is 0 Å². The van der Waals surface area contributed by atoms with Crippen LogP contribution in [0.2, 0.25) is 0 Å². The highest BCUT2D eigenvalue weighted by molar-refractivity contribution is 5.97. The van der Waals surface area contributed by atoms with Gasteiger partial charge in [0.2, 0.25) is 0 Å². The Morgan fingerprint density at radius 2 is 1.94 bits per heavy atom. The fourth-order valence-electron chi connectivity index (χ4n) is 6.46. The van der Waals surface area contributed by atoms with Gasteiger partial charge in [-0.3, -0.25) is 4.79 Å². The van der Waals surface area contributed by atoms with Crippen molar-refractivity contribution in [1.29, 1.82) is 0 Å². The van der Waals surface area contributed by atoms with Crippen LogP contribution in [0.1, 0.15) is 48.7 Å². The molecule has 8 heteroatoms. The van der Waals surface area contributed by atoms with Crippen LogP contribution in [0, 0.1) is 5.41 Å². The van der Waals surface area contributed by atoms with Gasteiger partial charge in [0.05, 0.1) is 40.8 Å². The van der Waals surface area contributed by atoms with Crippen molar-refractivity contribution in [3.8, 4) is 11.4 Å². The Balaban J connectivity index is 1.30. The number of nitrogens with one attached hydrogen (secondary N) is 2. The van der Waals surface area contributed by atoms with Crippen molar-refractivity contribution in [2.24, 2.45) is 5.41 Å². The number of hydrogen-bond donors (Lipinski definition) is 2. The van der Waals surface area contributed by atoms with E-state index in [2.05, 4.69) is 63.0 Å². The lowest BCUT2D eigenvalue weighted by atomic mass is 9.51. The zero-order valence-electron chi connectivity index (χ0n) is 20.5. The highest BCUT2D eigenvalue weighted by Crippen LogP contribution is 2.56. The van der Waals surface area contributed by atoms with E-state index in [1.54, 1.807) is 18.7 Å². The molecule has 5 aromatic rings. The first-order chi connectivity index (χ1) is 17.3. The van der Waals surface area contributed by atoms with Gasteiger partial charge in [-0.1, -0.05) is 20.8 Å². The molecule has 0 unspecified atom stereocenters. The van der Waals surface area contributed by atoms with Crippen molar-refractivity contribution >= 4 is 28.0 Å². The van der Waals surface area contributed by atoms with E-state index < -0.39 is 0 Å². The number of H-pyrrole nitrogens is 2. The summed E-state index contributed by atoms with van der Waals surface area (Å²) >= 11 is 0. The molecule has 3 aromatic heterocycles. The SMILES string of the molecule is CC1(C)[C@H]2Cc3cc4nc(-c5ccnnc5)[nH]c4cc3[C@@]1(C)CCN2C(=O)c1ccc2nc[nH]c2c1. The molecular weight excluding hydrogens is 450 g/mol. The fourth-order valence-corrected chi connectivity index (χ4v) is 6.46. The molecule has 2 aromatic carbocycles. The molecule has 2 atom stereocenters. The van der Waals surface area contributed by atoms with Crippen molar-refractivity contribution in [1.82, 2.24) is 35.0 Å². The Morgan fingerprint density at radius 3 is 2.78 bits per heavy atom. The second-order valence-electron chi connectivity index (χ2n) is 10.9. The average Bonchev–Trinajstić information content (AvgIpc) is 3.52. The van der Waals surface area contributed by atoms with E-state index in [1.807, 2.05) is 24.3 Å². The minimum atomic E-state index is -0.0997. The lowest BCUT2D eigenvalue weighted by molar-refractivity contribution is -0.0261. The van der Waals surface area contributed by atoms with E-state index in [0.717, 1.165) is 52.8 Å². The van der Waals surface area contributed by atoms with E-state index in [4.69, 9.17) is 4.98 Å². The number of amides is 1. The maximum absolute atomic E-state index is 13.8. The van der Waals surface area contributed by atoms with Crippen molar-refractivity contribution in [2.75, 3.05) is 6.54 Å². The molecule has 0 radical (unpaired) electrons. The monoisotopic (exact) mass is 477 g/mol. The predicted octanol–water partition coefficient (Wildman–Crippen LogP) is 4.65. The molecule has 1 aliphatic carbocycles. The van der Waals surface area contributed by atoms with Gasteiger partial charge >= 0.3 is 0 Å². The quantitative estimate of drug-likeness (QED) is 0.385. The van der Waals surface area contributed by atoms with Crippen LogP contribution in [-0.2, 0) is 11.8 Å². The average molecular weight is 478 g/mol. The Hall–Kier alpha value is -4.07. The van der Waals surface area contributed by atoms with Gasteiger partial charge in [0.25, 0.3) is 5.91 Å². The van der Waals surface area contributed by atoms with Gasteiger partial charge in [-0.15, -0.1) is 0 Å². The molecule has 1 fully saturated rings. The maximum atomic E-state index is 13.8. The van der Waals surface area contributed by atoms with Gasteiger partial charge in [-0.2, -0.15) is 10.2 Å². The second-order valence-corrected chi connectivity index (χ2v) is 10.9. The Kier molecular flexibility index (Phi) is 4.26. The molecule has 2 aliphatic rings. The third-order valence-electron chi connectivity index (χ3n) is 8.98. The number of benzene rings is 2. The Labute approximate surface area is 208 Å². The molecule has 0 spiro atoms. The van der Waals surface area contributed by atoms with Crippen LogP contribution in [0.25, 0.3) is 33.5 Å². The summed E-state index contributed by atoms with van der Waals surface area (Å²) in [4.78, 5) is 31.7. The summed E-state index contributed by atoms with van der Waals surface area (Å²) in [6, 6.07) is 12.2. The Bertz CT molecular complexity index is 1650. The van der Waals surface area contributed by atoms with E-state index in [0.29, 0.717) is 5.56 Å². The van der Waals surface area contributed by atoms with Gasteiger partial charge in [-0.05, 0) is 65.8 Å². The van der Waals surface area contributed by atoms with Crippen molar-refractivity contribution < 1.29 is 4.79 Å². The standard InChI is InChI=1S/C28H27N7O/c1-27(2)24-12-18-11-22-23(34-25(33-22)17-6-8-31-32-14-17)13-19(18)28(27,3)7-9-35(24)26(36)16-4-5-20-21(10-16)30-15-29-20/h4-6,8,10-11,13-15,24H,7,9,12H2,1-3H3,(H,29,30)(H,33,34)/t24-,28-/m1/s1. The Morgan fingerprint density at radius 1 is 1.06 bits per heavy atom. The third-order valence-corrected chi connectivity index (χ3v) is 8.98. The molecule has 2 bridgehead atoms. The number of nitrogens with zero attached hydrogens (tertiary/aromatic N) is 5. The zero-order valence-corrected chi connectivity index (χ0v) is 20.5. The summed E-state index contributed by atoms with van der Waals surface area (Å²) in [5, 5.41) is 7.87. The number of carbonyl (C=O) groups excluding carboxylic acids is 1. The summed E-state index contributed by atoms with van der Waals surface area (Å²) in [6.45, 7) is 7.75. The first-order valence-electron chi connectivity index (χ1n) is 12.4. The van der Waals surface area contributed by atoms with Crippen LogP contribution in [0.5, 0.6) is 0 Å². The summed E-state index contributed by atoms with van der Waals surface area (Å²) in [5.41, 5.74) is 7.82. The van der Waals surface area contributed by atoms with Crippen molar-refractivity contribution in [2.45, 2.75) is 45.1 Å². The smallest absolute Gasteiger partial charge is 0.254 e. The molecule has 1 amide bonds. The van der Waals surface area contributed by atoms with Gasteiger partial charge < -0.3 is 14.9 Å². The number of likely N-dealkylation sites (tertiary alicyclic amines) is 1. The number of aromatic nitrogens is 6. The highest BCUT2D eigenvalue weighted by atomic mass is 16.2. The third kappa shape index (κ3) is 2.84. The topological polar surface area (TPSA) is 103 Å². The molecule has 4 heterocycles. The first kappa shape index (κ1) is 21.2. The van der Waals surface area contributed by atoms with Crippen LogP contribution in [0.15, 0.2) is 55.1 Å². The maximum Gasteiger partial charge on any atom is 0.254 e. The molecule has 1 aliphatic heterocycles. The lowest BCUT2D eigenvalue weighted by Crippen LogP contribution is -2.64. The molecule has 0 saturated carbocycles. The van der Waals surface area contributed by atoms with Gasteiger partial charge in [0, 0.05) is 29.1 Å². The number of aromatic amines is 2. The number of imidazole rings is 2.